The lowest BCUT2D eigenvalue weighted by Crippen LogP contribution is -1.90. The number of aryl methyl sites for hydroxylation is 2. The number of hydrogen-bond acceptors (Lipinski definition) is 4. The van der Waals surface area contributed by atoms with E-state index in [1.807, 2.05) is 19.1 Å². The molecular weight excluding hydrogens is 272 g/mol. The van der Waals surface area contributed by atoms with E-state index < -0.39 is 0 Å². The van der Waals surface area contributed by atoms with E-state index in [0.717, 1.165) is 26.4 Å². The van der Waals surface area contributed by atoms with Crippen LogP contribution in [0.3, 0.4) is 0 Å². The zero-order chi connectivity index (χ0) is 14.3. The first-order chi connectivity index (χ1) is 9.54. The molecule has 20 heavy (non-hydrogen) atoms. The lowest BCUT2D eigenvalue weighted by molar-refractivity contribution is -0.384. The van der Waals surface area contributed by atoms with Crippen molar-refractivity contribution in [3.8, 4) is 10.6 Å². The molecule has 0 spiro atoms. The van der Waals surface area contributed by atoms with Gasteiger partial charge in [0.2, 0.25) is 0 Å². The Kier molecular flexibility index (Phi) is 2.99. The number of aromatic nitrogens is 1. The van der Waals surface area contributed by atoms with Gasteiger partial charge in [-0.15, -0.1) is 11.3 Å². The first kappa shape index (κ1) is 12.7. The number of fused-ring (bicyclic) bond motifs is 1. The normalized spacial score (nSPS) is 10.9. The van der Waals surface area contributed by atoms with Crippen LogP contribution in [-0.2, 0) is 0 Å². The summed E-state index contributed by atoms with van der Waals surface area (Å²) in [5.74, 6) is 0. The highest BCUT2D eigenvalue weighted by atomic mass is 32.1. The third-order valence-corrected chi connectivity index (χ3v) is 4.25. The van der Waals surface area contributed by atoms with E-state index in [2.05, 4.69) is 18.0 Å². The molecule has 0 unspecified atom stereocenters. The predicted molar refractivity (Wildman–Crippen MR) is 81.2 cm³/mol. The van der Waals surface area contributed by atoms with Gasteiger partial charge in [-0.1, -0.05) is 6.07 Å². The first-order valence-corrected chi connectivity index (χ1v) is 6.99. The number of thiazole rings is 1. The summed E-state index contributed by atoms with van der Waals surface area (Å²) < 4.78 is 1.14. The molecule has 0 atom stereocenters. The summed E-state index contributed by atoms with van der Waals surface area (Å²) in [6.45, 7) is 3.93. The van der Waals surface area contributed by atoms with Crippen molar-refractivity contribution >= 4 is 27.2 Å². The summed E-state index contributed by atoms with van der Waals surface area (Å²) in [4.78, 5) is 15.0. The zero-order valence-corrected chi connectivity index (χ0v) is 11.9. The maximum Gasteiger partial charge on any atom is 0.269 e. The minimum absolute atomic E-state index is 0.114. The molecule has 0 aliphatic carbocycles. The predicted octanol–water partition coefficient (Wildman–Crippen LogP) is 4.49. The van der Waals surface area contributed by atoms with Crippen molar-refractivity contribution in [2.75, 3.05) is 0 Å². The van der Waals surface area contributed by atoms with Crippen molar-refractivity contribution < 1.29 is 4.92 Å². The second-order valence-electron chi connectivity index (χ2n) is 4.75. The Hall–Kier alpha value is -2.27. The molecule has 0 N–H and O–H groups in total. The number of hydrogen-bond donors (Lipinski definition) is 0. The van der Waals surface area contributed by atoms with E-state index in [-0.39, 0.29) is 10.6 Å². The number of benzene rings is 2. The summed E-state index contributed by atoms with van der Waals surface area (Å²) in [5.41, 5.74) is 4.11. The Balaban J connectivity index is 2.13. The fourth-order valence-corrected chi connectivity index (χ4v) is 3.30. The second-order valence-corrected chi connectivity index (χ2v) is 5.78. The van der Waals surface area contributed by atoms with E-state index >= 15 is 0 Å². The third-order valence-electron chi connectivity index (χ3n) is 3.20. The molecule has 4 nitrogen and oxygen atoms in total. The van der Waals surface area contributed by atoms with Gasteiger partial charge in [0.15, 0.2) is 0 Å². The Labute approximate surface area is 119 Å². The van der Waals surface area contributed by atoms with E-state index in [4.69, 9.17) is 0 Å². The Morgan fingerprint density at radius 1 is 1.15 bits per heavy atom. The molecule has 0 bridgehead atoms. The van der Waals surface area contributed by atoms with Gasteiger partial charge in [-0.3, -0.25) is 10.1 Å². The molecule has 3 rings (SSSR count). The minimum Gasteiger partial charge on any atom is -0.258 e. The Bertz CT molecular complexity index is 824. The molecule has 1 heterocycles. The maximum absolute atomic E-state index is 10.8. The van der Waals surface area contributed by atoms with Gasteiger partial charge in [-0.25, -0.2) is 4.98 Å². The lowest BCUT2D eigenvalue weighted by atomic mass is 10.1. The molecule has 0 saturated carbocycles. The fraction of sp³-hybridized carbons (Fsp3) is 0.133. The van der Waals surface area contributed by atoms with Crippen LogP contribution in [0.1, 0.15) is 11.1 Å². The number of rotatable bonds is 2. The van der Waals surface area contributed by atoms with Crippen LogP contribution in [0, 0.1) is 24.0 Å². The van der Waals surface area contributed by atoms with Crippen molar-refractivity contribution in [3.63, 3.8) is 0 Å². The zero-order valence-electron chi connectivity index (χ0n) is 11.1. The van der Waals surface area contributed by atoms with Gasteiger partial charge in [0, 0.05) is 17.7 Å². The van der Waals surface area contributed by atoms with Crippen LogP contribution >= 0.6 is 11.3 Å². The molecule has 0 radical (unpaired) electrons. The highest BCUT2D eigenvalue weighted by molar-refractivity contribution is 7.21. The van der Waals surface area contributed by atoms with E-state index in [0.29, 0.717) is 0 Å². The molecule has 2 aromatic carbocycles. The molecule has 0 aliphatic rings. The highest BCUT2D eigenvalue weighted by Crippen LogP contribution is 2.33. The molecule has 3 aromatic rings. The molecule has 5 heteroatoms. The van der Waals surface area contributed by atoms with Crippen LogP contribution in [0.2, 0.25) is 0 Å². The van der Waals surface area contributed by atoms with Crippen molar-refractivity contribution in [3.05, 3.63) is 57.6 Å². The van der Waals surface area contributed by atoms with Crippen LogP contribution in [-0.4, -0.2) is 9.91 Å². The quantitative estimate of drug-likeness (QED) is 0.514. The number of nitro groups is 1. The molecular formula is C15H12N2O2S. The average Bonchev–Trinajstić information content (AvgIpc) is 2.80. The van der Waals surface area contributed by atoms with E-state index in [1.165, 1.54) is 11.6 Å². The van der Waals surface area contributed by atoms with Gasteiger partial charge in [0.25, 0.3) is 5.69 Å². The molecule has 100 valence electrons. The molecule has 1 aromatic heterocycles. The van der Waals surface area contributed by atoms with Crippen molar-refractivity contribution in [1.82, 2.24) is 4.98 Å². The number of nitro benzene ring substituents is 1. The van der Waals surface area contributed by atoms with Gasteiger partial charge in [0.1, 0.15) is 5.01 Å². The third kappa shape index (κ3) is 2.16. The second kappa shape index (κ2) is 4.68. The average molecular weight is 284 g/mol. The fourth-order valence-electron chi connectivity index (χ4n) is 2.15. The van der Waals surface area contributed by atoms with Crippen molar-refractivity contribution in [1.29, 1.82) is 0 Å². The summed E-state index contributed by atoms with van der Waals surface area (Å²) in [6.07, 6.45) is 0. The summed E-state index contributed by atoms with van der Waals surface area (Å²) in [6, 6.07) is 11.0. The topological polar surface area (TPSA) is 56.0 Å². The Morgan fingerprint density at radius 2 is 1.95 bits per heavy atom. The SMILES string of the molecule is Cc1ccc2nc(-c3ccc([N+](=O)[O-])cc3C)sc2c1. The minimum atomic E-state index is -0.376. The van der Waals surface area contributed by atoms with Gasteiger partial charge in [-0.05, 0) is 43.2 Å². The van der Waals surface area contributed by atoms with Crippen LogP contribution in [0.5, 0.6) is 0 Å². The largest absolute Gasteiger partial charge is 0.269 e. The van der Waals surface area contributed by atoms with Crippen molar-refractivity contribution in [2.45, 2.75) is 13.8 Å². The number of nitrogens with zero attached hydrogens (tertiary/aromatic N) is 2. The van der Waals surface area contributed by atoms with Gasteiger partial charge >= 0.3 is 0 Å². The maximum atomic E-state index is 10.8. The summed E-state index contributed by atoms with van der Waals surface area (Å²) in [7, 11) is 0. The van der Waals surface area contributed by atoms with Crippen LogP contribution in [0.4, 0.5) is 5.69 Å². The van der Waals surface area contributed by atoms with Crippen LogP contribution < -0.4 is 0 Å². The summed E-state index contributed by atoms with van der Waals surface area (Å²) >= 11 is 1.61. The lowest BCUT2D eigenvalue weighted by Gasteiger charge is -2.01. The molecule has 0 amide bonds. The van der Waals surface area contributed by atoms with Crippen LogP contribution in [0.25, 0.3) is 20.8 Å². The molecule has 0 saturated heterocycles. The van der Waals surface area contributed by atoms with Gasteiger partial charge < -0.3 is 0 Å². The molecule has 0 fully saturated rings. The smallest absolute Gasteiger partial charge is 0.258 e. The first-order valence-electron chi connectivity index (χ1n) is 6.17. The van der Waals surface area contributed by atoms with E-state index in [1.54, 1.807) is 23.5 Å². The molecule has 0 aliphatic heterocycles. The summed E-state index contributed by atoms with van der Waals surface area (Å²) in [5, 5.41) is 11.7. The van der Waals surface area contributed by atoms with Gasteiger partial charge in [-0.2, -0.15) is 0 Å². The monoisotopic (exact) mass is 284 g/mol. The van der Waals surface area contributed by atoms with E-state index in [9.17, 15) is 10.1 Å². The number of non-ortho nitro benzene ring substituents is 1. The Morgan fingerprint density at radius 3 is 2.65 bits per heavy atom. The highest BCUT2D eigenvalue weighted by Gasteiger charge is 2.12. The van der Waals surface area contributed by atoms with Gasteiger partial charge in [0.05, 0.1) is 15.1 Å². The standard InChI is InChI=1S/C15H12N2O2S/c1-9-3-6-13-14(7-9)20-15(16-13)12-5-4-11(17(18)19)8-10(12)2/h3-8H,1-2H3. The van der Waals surface area contributed by atoms with Crippen LogP contribution in [0.15, 0.2) is 36.4 Å². The van der Waals surface area contributed by atoms with Crippen molar-refractivity contribution in [2.24, 2.45) is 0 Å².